The Labute approximate surface area is 58.7 Å². The summed E-state index contributed by atoms with van der Waals surface area (Å²) in [6.45, 7) is 0.482. The highest BCUT2D eigenvalue weighted by Crippen LogP contribution is 2.20. The van der Waals surface area contributed by atoms with Gasteiger partial charge in [0.05, 0.1) is 6.61 Å². The van der Waals surface area contributed by atoms with Crippen LogP contribution in [0.1, 0.15) is 6.42 Å². The summed E-state index contributed by atoms with van der Waals surface area (Å²) in [7, 11) is 1.45. The maximum Gasteiger partial charge on any atom is 0.311 e. The quantitative estimate of drug-likeness (QED) is 0.599. The van der Waals surface area contributed by atoms with Gasteiger partial charge in [0.1, 0.15) is 5.92 Å². The molecule has 1 rings (SSSR count). The summed E-state index contributed by atoms with van der Waals surface area (Å²) in [6, 6.07) is 0. The number of methoxy groups -OCH3 is 1. The molecule has 0 bridgehead atoms. The van der Waals surface area contributed by atoms with Crippen molar-refractivity contribution in [2.24, 2.45) is 5.92 Å². The second kappa shape index (κ2) is 2.98. The predicted molar refractivity (Wildman–Crippen MR) is 32.5 cm³/mol. The molecule has 1 heterocycles. The zero-order chi connectivity index (χ0) is 7.56. The van der Waals surface area contributed by atoms with Crippen LogP contribution in [0.3, 0.4) is 0 Å². The van der Waals surface area contributed by atoms with Gasteiger partial charge in [-0.1, -0.05) is 0 Å². The predicted octanol–water partition coefficient (Wildman–Crippen LogP) is 0.0800. The summed E-state index contributed by atoms with van der Waals surface area (Å²) in [5.74, 6) is -1.32. The van der Waals surface area contributed by atoms with Crippen LogP contribution in [0, 0.1) is 5.92 Å². The third-order valence-corrected chi connectivity index (χ3v) is 1.59. The van der Waals surface area contributed by atoms with Crippen LogP contribution in [0.5, 0.6) is 0 Å². The van der Waals surface area contributed by atoms with Crippen LogP contribution >= 0.6 is 0 Å². The topological polar surface area (TPSA) is 55.8 Å². The van der Waals surface area contributed by atoms with E-state index < -0.39 is 18.2 Å². The second-order valence-electron chi connectivity index (χ2n) is 2.21. The maximum atomic E-state index is 10.4. The van der Waals surface area contributed by atoms with Gasteiger partial charge >= 0.3 is 5.97 Å². The Balaban J connectivity index is 2.50. The third-order valence-electron chi connectivity index (χ3n) is 1.59. The Hall–Kier alpha value is -0.610. The number of carboxylic acids is 1. The van der Waals surface area contributed by atoms with Crippen molar-refractivity contribution in [3.63, 3.8) is 0 Å². The molecule has 0 aromatic rings. The first-order valence-corrected chi connectivity index (χ1v) is 3.13. The van der Waals surface area contributed by atoms with Crippen molar-refractivity contribution in [1.29, 1.82) is 0 Å². The smallest absolute Gasteiger partial charge is 0.311 e. The molecule has 4 heteroatoms. The molecule has 0 aromatic carbocycles. The summed E-state index contributed by atoms with van der Waals surface area (Å²) in [6.07, 6.45) is 0.00546. The van der Waals surface area contributed by atoms with E-state index in [-0.39, 0.29) is 0 Å². The lowest BCUT2D eigenvalue weighted by Crippen LogP contribution is -2.25. The van der Waals surface area contributed by atoms with Crippen LogP contribution in [0.25, 0.3) is 0 Å². The number of hydrogen-bond acceptors (Lipinski definition) is 3. The van der Waals surface area contributed by atoms with Gasteiger partial charge in [0.2, 0.25) is 0 Å². The van der Waals surface area contributed by atoms with Gasteiger partial charge in [-0.3, -0.25) is 4.79 Å². The number of carboxylic acid groups (broad SMARTS) is 1. The highest BCUT2D eigenvalue weighted by molar-refractivity contribution is 5.70. The fourth-order valence-electron chi connectivity index (χ4n) is 1.04. The first-order chi connectivity index (χ1) is 4.75. The minimum absolute atomic E-state index is 0.481. The molecule has 1 N–H and O–H groups in total. The van der Waals surface area contributed by atoms with Crippen LogP contribution in [0.15, 0.2) is 0 Å². The van der Waals surface area contributed by atoms with Crippen LogP contribution in [0.4, 0.5) is 0 Å². The Morgan fingerprint density at radius 1 is 1.80 bits per heavy atom. The van der Waals surface area contributed by atoms with E-state index >= 15 is 0 Å². The van der Waals surface area contributed by atoms with E-state index in [4.69, 9.17) is 14.6 Å². The number of hydrogen-bond donors (Lipinski definition) is 1. The molecule has 0 spiro atoms. The van der Waals surface area contributed by atoms with Gasteiger partial charge in [0.25, 0.3) is 0 Å². The van der Waals surface area contributed by atoms with Crippen molar-refractivity contribution in [2.45, 2.75) is 12.7 Å². The number of aliphatic carboxylic acids is 1. The van der Waals surface area contributed by atoms with Gasteiger partial charge in [-0.2, -0.15) is 0 Å². The maximum absolute atomic E-state index is 10.4. The van der Waals surface area contributed by atoms with Crippen molar-refractivity contribution in [2.75, 3.05) is 13.7 Å². The van der Waals surface area contributed by atoms with E-state index in [0.29, 0.717) is 13.0 Å². The number of rotatable bonds is 2. The molecule has 1 saturated heterocycles. The van der Waals surface area contributed by atoms with Crippen LogP contribution < -0.4 is 0 Å². The standard InChI is InChI=1S/C6H10O4/c1-9-6-4(5(7)8)2-3-10-6/h4,6H,2-3H2,1H3,(H,7,8)/t4-,6+/m0/s1. The average molecular weight is 146 g/mol. The minimum atomic E-state index is -0.843. The van der Waals surface area contributed by atoms with Gasteiger partial charge in [0, 0.05) is 7.11 Å². The van der Waals surface area contributed by atoms with Crippen LogP contribution in [-0.2, 0) is 14.3 Å². The van der Waals surface area contributed by atoms with Crippen LogP contribution in [0.2, 0.25) is 0 Å². The zero-order valence-corrected chi connectivity index (χ0v) is 5.74. The first kappa shape index (κ1) is 7.50. The van der Waals surface area contributed by atoms with Gasteiger partial charge < -0.3 is 14.6 Å². The highest BCUT2D eigenvalue weighted by Gasteiger charge is 2.33. The summed E-state index contributed by atoms with van der Waals surface area (Å²) in [4.78, 5) is 10.4. The lowest BCUT2D eigenvalue weighted by molar-refractivity contribution is -0.158. The van der Waals surface area contributed by atoms with Gasteiger partial charge in [0.15, 0.2) is 6.29 Å². The largest absolute Gasteiger partial charge is 0.481 e. The number of ether oxygens (including phenoxy) is 2. The van der Waals surface area contributed by atoms with E-state index in [1.165, 1.54) is 7.11 Å². The second-order valence-corrected chi connectivity index (χ2v) is 2.21. The lowest BCUT2D eigenvalue weighted by atomic mass is 10.1. The molecule has 0 aromatic heterocycles. The Morgan fingerprint density at radius 3 is 2.90 bits per heavy atom. The molecule has 0 aliphatic carbocycles. The van der Waals surface area contributed by atoms with E-state index in [1.54, 1.807) is 0 Å². The zero-order valence-electron chi connectivity index (χ0n) is 5.74. The van der Waals surface area contributed by atoms with Crippen LogP contribution in [-0.4, -0.2) is 31.1 Å². The average Bonchev–Trinajstić information content (AvgIpc) is 2.33. The molecule has 0 amide bonds. The first-order valence-electron chi connectivity index (χ1n) is 3.13. The van der Waals surface area contributed by atoms with E-state index in [0.717, 1.165) is 0 Å². The molecule has 1 aliphatic heterocycles. The van der Waals surface area contributed by atoms with Gasteiger partial charge in [-0.25, -0.2) is 0 Å². The highest BCUT2D eigenvalue weighted by atomic mass is 16.7. The van der Waals surface area contributed by atoms with Crippen molar-refractivity contribution in [3.05, 3.63) is 0 Å². The molecule has 0 saturated carbocycles. The van der Waals surface area contributed by atoms with E-state index in [2.05, 4.69) is 0 Å². The summed E-state index contributed by atoms with van der Waals surface area (Å²) < 4.78 is 9.75. The Kier molecular flexibility index (Phi) is 2.24. The summed E-state index contributed by atoms with van der Waals surface area (Å²) in [5, 5.41) is 8.55. The molecular weight excluding hydrogens is 136 g/mol. The summed E-state index contributed by atoms with van der Waals surface area (Å²) in [5.41, 5.74) is 0. The molecular formula is C6H10O4. The molecule has 0 unspecified atom stereocenters. The monoisotopic (exact) mass is 146 g/mol. The molecule has 2 atom stereocenters. The summed E-state index contributed by atoms with van der Waals surface area (Å²) >= 11 is 0. The molecule has 0 radical (unpaired) electrons. The fraction of sp³-hybridized carbons (Fsp3) is 0.833. The van der Waals surface area contributed by atoms with E-state index in [1.807, 2.05) is 0 Å². The SMILES string of the molecule is CO[C@@H]1OCC[C@H]1C(=O)O. The molecule has 58 valence electrons. The van der Waals surface area contributed by atoms with E-state index in [9.17, 15) is 4.79 Å². The fourth-order valence-corrected chi connectivity index (χ4v) is 1.04. The van der Waals surface area contributed by atoms with Crippen molar-refractivity contribution >= 4 is 5.97 Å². The Bertz CT molecular complexity index is 134. The van der Waals surface area contributed by atoms with Crippen molar-refractivity contribution in [1.82, 2.24) is 0 Å². The third kappa shape index (κ3) is 1.27. The molecule has 1 aliphatic rings. The van der Waals surface area contributed by atoms with Crippen molar-refractivity contribution in [3.8, 4) is 0 Å². The van der Waals surface area contributed by atoms with Crippen molar-refractivity contribution < 1.29 is 19.4 Å². The normalized spacial score (nSPS) is 32.5. The molecule has 4 nitrogen and oxygen atoms in total. The van der Waals surface area contributed by atoms with Gasteiger partial charge in [-0.05, 0) is 6.42 Å². The molecule has 10 heavy (non-hydrogen) atoms. The molecule has 1 fully saturated rings. The lowest BCUT2D eigenvalue weighted by Gasteiger charge is -2.11. The number of carbonyl (C=O) groups is 1. The Morgan fingerprint density at radius 2 is 2.50 bits per heavy atom. The van der Waals surface area contributed by atoms with Gasteiger partial charge in [-0.15, -0.1) is 0 Å². The minimum Gasteiger partial charge on any atom is -0.481 e.